The van der Waals surface area contributed by atoms with E-state index in [1.165, 1.54) is 19.3 Å². The first-order valence-corrected chi connectivity index (χ1v) is 6.76. The molecule has 0 aliphatic heterocycles. The van der Waals surface area contributed by atoms with Crippen molar-refractivity contribution in [2.45, 2.75) is 38.6 Å². The van der Waals surface area contributed by atoms with Crippen LogP contribution >= 0.6 is 0 Å². The fourth-order valence-corrected chi connectivity index (χ4v) is 2.30. The highest BCUT2D eigenvalue weighted by Gasteiger charge is 2.21. The van der Waals surface area contributed by atoms with Gasteiger partial charge in [-0.15, -0.1) is 0 Å². The number of carbonyl (C=O) groups is 1. The molecule has 1 fully saturated rings. The van der Waals surface area contributed by atoms with Crippen LogP contribution in [0, 0.1) is 5.92 Å². The number of benzene rings is 1. The highest BCUT2D eigenvalue weighted by Crippen LogP contribution is 2.30. The van der Waals surface area contributed by atoms with Crippen LogP contribution in [0.3, 0.4) is 0 Å². The van der Waals surface area contributed by atoms with Crippen molar-refractivity contribution in [1.82, 2.24) is 5.32 Å². The van der Waals surface area contributed by atoms with Crippen molar-refractivity contribution < 1.29 is 4.79 Å². The largest absolute Gasteiger partial charge is 0.326 e. The zero-order valence-electron chi connectivity index (χ0n) is 11.2. The number of nitrogens with one attached hydrogen (secondary N) is 2. The summed E-state index contributed by atoms with van der Waals surface area (Å²) >= 11 is 0. The van der Waals surface area contributed by atoms with Gasteiger partial charge in [-0.1, -0.05) is 24.6 Å². The van der Waals surface area contributed by atoms with E-state index in [9.17, 15) is 4.79 Å². The lowest BCUT2D eigenvalue weighted by Crippen LogP contribution is -2.22. The Kier molecular flexibility index (Phi) is 4.37. The minimum absolute atomic E-state index is 0.149. The highest BCUT2D eigenvalue weighted by atomic mass is 16.1. The molecular formula is C15H22N2O. The van der Waals surface area contributed by atoms with E-state index in [1.807, 2.05) is 25.2 Å². The molecule has 1 aromatic carbocycles. The van der Waals surface area contributed by atoms with Crippen molar-refractivity contribution in [3.05, 3.63) is 29.8 Å². The molecule has 1 aliphatic carbocycles. The average Bonchev–Trinajstić information content (AvgIpc) is 2.34. The number of hydrogen-bond donors (Lipinski definition) is 2. The summed E-state index contributed by atoms with van der Waals surface area (Å²) in [6, 6.07) is 8.24. The predicted octanol–water partition coefficient (Wildman–Crippen LogP) is 3.10. The summed E-state index contributed by atoms with van der Waals surface area (Å²) < 4.78 is 0. The topological polar surface area (TPSA) is 41.1 Å². The molecule has 3 heteroatoms. The van der Waals surface area contributed by atoms with Crippen molar-refractivity contribution in [3.63, 3.8) is 0 Å². The second-order valence-electron chi connectivity index (χ2n) is 5.15. The van der Waals surface area contributed by atoms with Crippen LogP contribution in [0.15, 0.2) is 24.3 Å². The molecule has 2 N–H and O–H groups in total. The molecule has 1 unspecified atom stereocenters. The van der Waals surface area contributed by atoms with Gasteiger partial charge in [0.1, 0.15) is 0 Å². The van der Waals surface area contributed by atoms with Gasteiger partial charge in [0.05, 0.1) is 0 Å². The summed E-state index contributed by atoms with van der Waals surface area (Å²) in [5.74, 6) is 0.759. The molecule has 0 spiro atoms. The second kappa shape index (κ2) is 6.01. The van der Waals surface area contributed by atoms with Crippen molar-refractivity contribution in [3.8, 4) is 0 Å². The Labute approximate surface area is 109 Å². The van der Waals surface area contributed by atoms with E-state index in [2.05, 4.69) is 23.6 Å². The third-order valence-corrected chi connectivity index (χ3v) is 3.83. The molecule has 1 amide bonds. The van der Waals surface area contributed by atoms with Gasteiger partial charge in [0.2, 0.25) is 5.91 Å². The van der Waals surface area contributed by atoms with Gasteiger partial charge in [-0.25, -0.2) is 0 Å². The van der Waals surface area contributed by atoms with E-state index in [-0.39, 0.29) is 11.9 Å². The fourth-order valence-electron chi connectivity index (χ4n) is 2.30. The van der Waals surface area contributed by atoms with Gasteiger partial charge >= 0.3 is 0 Å². The van der Waals surface area contributed by atoms with Gasteiger partial charge in [-0.3, -0.25) is 4.79 Å². The van der Waals surface area contributed by atoms with Crippen molar-refractivity contribution >= 4 is 11.6 Å². The first-order chi connectivity index (χ1) is 8.70. The van der Waals surface area contributed by atoms with Crippen LogP contribution in [0.25, 0.3) is 0 Å². The molecule has 1 atom stereocenters. The molecule has 1 aromatic rings. The summed E-state index contributed by atoms with van der Waals surface area (Å²) in [4.78, 5) is 11.9. The molecule has 1 saturated carbocycles. The molecule has 1 aliphatic rings. The quantitative estimate of drug-likeness (QED) is 0.838. The summed E-state index contributed by atoms with van der Waals surface area (Å²) in [7, 11) is 1.93. The summed E-state index contributed by atoms with van der Waals surface area (Å²) in [5, 5.41) is 6.25. The van der Waals surface area contributed by atoms with E-state index in [4.69, 9.17) is 0 Å². The smallest absolute Gasteiger partial charge is 0.224 e. The zero-order valence-corrected chi connectivity index (χ0v) is 11.2. The lowest BCUT2D eigenvalue weighted by atomic mass is 9.83. The van der Waals surface area contributed by atoms with E-state index >= 15 is 0 Å². The van der Waals surface area contributed by atoms with Crippen LogP contribution < -0.4 is 10.6 Å². The third-order valence-electron chi connectivity index (χ3n) is 3.83. The average molecular weight is 246 g/mol. The Morgan fingerprint density at radius 1 is 1.39 bits per heavy atom. The molecule has 3 nitrogen and oxygen atoms in total. The molecule has 0 radical (unpaired) electrons. The summed E-state index contributed by atoms with van der Waals surface area (Å²) in [6.07, 6.45) is 4.37. The highest BCUT2D eigenvalue weighted by molar-refractivity contribution is 5.91. The number of rotatable bonds is 5. The summed E-state index contributed by atoms with van der Waals surface area (Å²) in [6.45, 7) is 2.09. The monoisotopic (exact) mass is 246 g/mol. The normalized spacial score (nSPS) is 17.0. The SMILES string of the molecule is CNC(C)c1ccccc1NC(=O)CC1CCC1. The number of carbonyl (C=O) groups excluding carboxylic acids is 1. The standard InChI is InChI=1S/C15H22N2O/c1-11(16-2)13-8-3-4-9-14(13)17-15(18)10-12-6-5-7-12/h3-4,8-9,11-12,16H,5-7,10H2,1-2H3,(H,17,18). The molecule has 0 saturated heterocycles. The number of anilines is 1. The second-order valence-corrected chi connectivity index (χ2v) is 5.15. The maximum Gasteiger partial charge on any atom is 0.224 e. The van der Waals surface area contributed by atoms with Crippen LogP contribution in [0.1, 0.15) is 44.2 Å². The van der Waals surface area contributed by atoms with E-state index in [1.54, 1.807) is 0 Å². The van der Waals surface area contributed by atoms with Crippen molar-refractivity contribution in [2.75, 3.05) is 12.4 Å². The van der Waals surface area contributed by atoms with Gasteiger partial charge in [-0.2, -0.15) is 0 Å². The Bertz CT molecular complexity index is 413. The number of hydrogen-bond acceptors (Lipinski definition) is 2. The van der Waals surface area contributed by atoms with Crippen LogP contribution in [-0.2, 0) is 4.79 Å². The van der Waals surface area contributed by atoms with Gasteiger partial charge in [-0.05, 0) is 44.4 Å². The van der Waals surface area contributed by atoms with Gasteiger partial charge in [0, 0.05) is 18.2 Å². The molecule has 98 valence electrons. The first-order valence-electron chi connectivity index (χ1n) is 6.76. The minimum atomic E-state index is 0.149. The molecule has 0 bridgehead atoms. The van der Waals surface area contributed by atoms with Gasteiger partial charge in [0.25, 0.3) is 0 Å². The van der Waals surface area contributed by atoms with Crippen LogP contribution in [0.4, 0.5) is 5.69 Å². The number of para-hydroxylation sites is 1. The maximum absolute atomic E-state index is 11.9. The molecule has 0 heterocycles. The first kappa shape index (κ1) is 13.1. The van der Waals surface area contributed by atoms with Crippen molar-refractivity contribution in [1.29, 1.82) is 0 Å². The van der Waals surface area contributed by atoms with Crippen LogP contribution in [-0.4, -0.2) is 13.0 Å². The Hall–Kier alpha value is -1.35. The molecule has 18 heavy (non-hydrogen) atoms. The lowest BCUT2D eigenvalue weighted by Gasteiger charge is -2.25. The Balaban J connectivity index is 2.01. The summed E-state index contributed by atoms with van der Waals surface area (Å²) in [5.41, 5.74) is 2.07. The lowest BCUT2D eigenvalue weighted by molar-refractivity contribution is -0.117. The van der Waals surface area contributed by atoms with E-state index < -0.39 is 0 Å². The Morgan fingerprint density at radius 2 is 2.11 bits per heavy atom. The maximum atomic E-state index is 11.9. The van der Waals surface area contributed by atoms with Crippen LogP contribution in [0.5, 0.6) is 0 Å². The van der Waals surface area contributed by atoms with Crippen LogP contribution in [0.2, 0.25) is 0 Å². The minimum Gasteiger partial charge on any atom is -0.326 e. The number of amides is 1. The third kappa shape index (κ3) is 3.10. The fraction of sp³-hybridized carbons (Fsp3) is 0.533. The van der Waals surface area contributed by atoms with Crippen molar-refractivity contribution in [2.24, 2.45) is 5.92 Å². The Morgan fingerprint density at radius 3 is 2.72 bits per heavy atom. The molecule has 0 aromatic heterocycles. The van der Waals surface area contributed by atoms with E-state index in [0.717, 1.165) is 11.3 Å². The predicted molar refractivity (Wildman–Crippen MR) is 74.5 cm³/mol. The van der Waals surface area contributed by atoms with Gasteiger partial charge < -0.3 is 10.6 Å². The molecule has 2 rings (SSSR count). The van der Waals surface area contributed by atoms with E-state index in [0.29, 0.717) is 12.3 Å². The zero-order chi connectivity index (χ0) is 13.0. The van der Waals surface area contributed by atoms with Gasteiger partial charge in [0.15, 0.2) is 0 Å². The molecular weight excluding hydrogens is 224 g/mol.